The van der Waals surface area contributed by atoms with Crippen LogP contribution in [0.5, 0.6) is 5.75 Å². The van der Waals surface area contributed by atoms with Crippen LogP contribution in [-0.4, -0.2) is 60.9 Å². The number of benzene rings is 2. The van der Waals surface area contributed by atoms with E-state index in [1.54, 1.807) is 0 Å². The molecule has 4 rings (SSSR count). The van der Waals surface area contributed by atoms with Gasteiger partial charge in [0.1, 0.15) is 5.75 Å². The van der Waals surface area contributed by atoms with Crippen molar-refractivity contribution in [2.24, 2.45) is 0 Å². The fraction of sp³-hybridized carbons (Fsp3) is 0.417. The van der Waals surface area contributed by atoms with E-state index >= 15 is 0 Å². The van der Waals surface area contributed by atoms with Crippen molar-refractivity contribution in [3.63, 3.8) is 0 Å². The Morgan fingerprint density at radius 2 is 1.77 bits per heavy atom. The molecule has 1 N–H and O–H groups in total. The molecule has 0 spiro atoms. The number of aryl methyl sites for hydroxylation is 2. The summed E-state index contributed by atoms with van der Waals surface area (Å²) in [5, 5.41) is 2.87. The molecule has 0 bridgehead atoms. The van der Waals surface area contributed by atoms with E-state index < -0.39 is 0 Å². The molecule has 0 radical (unpaired) electrons. The molecule has 6 nitrogen and oxygen atoms in total. The SMILES string of the molecule is Cc1ccc(OCCCN2CCN(C(=O)c3ccc4c(c3)CCC(=O)N4)CC2)cc1.Cl. The van der Waals surface area contributed by atoms with Crippen molar-refractivity contribution in [2.75, 3.05) is 44.6 Å². The summed E-state index contributed by atoms with van der Waals surface area (Å²) in [4.78, 5) is 28.7. The van der Waals surface area contributed by atoms with Crippen LogP contribution in [0.1, 0.15) is 34.3 Å². The Morgan fingerprint density at radius 1 is 1.03 bits per heavy atom. The van der Waals surface area contributed by atoms with E-state index in [1.807, 2.05) is 35.2 Å². The van der Waals surface area contributed by atoms with Crippen LogP contribution in [-0.2, 0) is 11.2 Å². The summed E-state index contributed by atoms with van der Waals surface area (Å²) >= 11 is 0. The molecule has 166 valence electrons. The monoisotopic (exact) mass is 443 g/mol. The first-order chi connectivity index (χ1) is 14.6. The zero-order valence-corrected chi connectivity index (χ0v) is 18.7. The number of nitrogens with one attached hydrogen (secondary N) is 1. The van der Waals surface area contributed by atoms with Crippen LogP contribution in [0, 0.1) is 6.92 Å². The Balaban J connectivity index is 0.00000272. The normalized spacial score (nSPS) is 16.2. The number of ether oxygens (including phenoxy) is 1. The molecule has 7 heteroatoms. The fourth-order valence-electron chi connectivity index (χ4n) is 3.99. The standard InChI is InChI=1S/C24H29N3O3.ClH/c1-18-3-7-21(8-4-18)30-16-2-11-26-12-14-27(15-13-26)24(29)20-5-9-22-19(17-20)6-10-23(28)25-22;/h3-5,7-9,17H,2,6,10-16H2,1H3,(H,25,28);1H. The third-order valence-corrected chi connectivity index (χ3v) is 5.82. The molecule has 0 aromatic heterocycles. The largest absolute Gasteiger partial charge is 0.494 e. The minimum absolute atomic E-state index is 0. The molecular formula is C24H30ClN3O3. The Kier molecular flexibility index (Phi) is 7.93. The van der Waals surface area contributed by atoms with Gasteiger partial charge in [-0.25, -0.2) is 0 Å². The molecular weight excluding hydrogens is 414 g/mol. The summed E-state index contributed by atoms with van der Waals surface area (Å²) in [7, 11) is 0. The van der Waals surface area contributed by atoms with Gasteiger partial charge in [-0.15, -0.1) is 12.4 Å². The molecule has 0 atom stereocenters. The lowest BCUT2D eigenvalue weighted by atomic mass is 10.00. The number of piperazine rings is 1. The average Bonchev–Trinajstić information content (AvgIpc) is 2.77. The van der Waals surface area contributed by atoms with Gasteiger partial charge in [0.05, 0.1) is 6.61 Å². The maximum absolute atomic E-state index is 12.9. The number of fused-ring (bicyclic) bond motifs is 1. The minimum atomic E-state index is 0. The van der Waals surface area contributed by atoms with Crippen LogP contribution in [0.2, 0.25) is 0 Å². The van der Waals surface area contributed by atoms with Crippen molar-refractivity contribution in [1.82, 2.24) is 9.80 Å². The Morgan fingerprint density at radius 3 is 2.52 bits per heavy atom. The molecule has 2 aromatic rings. The van der Waals surface area contributed by atoms with E-state index in [9.17, 15) is 9.59 Å². The van der Waals surface area contributed by atoms with Crippen LogP contribution >= 0.6 is 12.4 Å². The first kappa shape index (κ1) is 23.1. The molecule has 1 fully saturated rings. The van der Waals surface area contributed by atoms with Crippen molar-refractivity contribution < 1.29 is 14.3 Å². The van der Waals surface area contributed by atoms with Gasteiger partial charge in [-0.05, 0) is 55.7 Å². The number of carbonyl (C=O) groups excluding carboxylic acids is 2. The molecule has 0 unspecified atom stereocenters. The molecule has 0 saturated carbocycles. The lowest BCUT2D eigenvalue weighted by Crippen LogP contribution is -2.49. The van der Waals surface area contributed by atoms with Crippen molar-refractivity contribution in [3.05, 3.63) is 59.2 Å². The summed E-state index contributed by atoms with van der Waals surface area (Å²) in [6.07, 6.45) is 2.15. The van der Waals surface area contributed by atoms with Crippen LogP contribution in [0.15, 0.2) is 42.5 Å². The second-order valence-electron chi connectivity index (χ2n) is 8.07. The van der Waals surface area contributed by atoms with E-state index in [0.29, 0.717) is 25.0 Å². The van der Waals surface area contributed by atoms with Crippen molar-refractivity contribution in [3.8, 4) is 5.75 Å². The number of rotatable bonds is 6. The van der Waals surface area contributed by atoms with E-state index in [1.165, 1.54) is 5.56 Å². The quantitative estimate of drug-likeness (QED) is 0.694. The average molecular weight is 444 g/mol. The van der Waals surface area contributed by atoms with E-state index in [-0.39, 0.29) is 24.2 Å². The second-order valence-corrected chi connectivity index (χ2v) is 8.07. The van der Waals surface area contributed by atoms with E-state index in [2.05, 4.69) is 29.3 Å². The zero-order chi connectivity index (χ0) is 20.9. The Bertz CT molecular complexity index is 909. The summed E-state index contributed by atoms with van der Waals surface area (Å²) in [5.41, 5.74) is 3.83. The van der Waals surface area contributed by atoms with Gasteiger partial charge in [0, 0.05) is 50.4 Å². The van der Waals surface area contributed by atoms with Crippen LogP contribution < -0.4 is 10.1 Å². The maximum atomic E-state index is 12.9. The van der Waals surface area contributed by atoms with E-state index in [0.717, 1.165) is 56.1 Å². The van der Waals surface area contributed by atoms with Crippen molar-refractivity contribution in [2.45, 2.75) is 26.2 Å². The Labute approximate surface area is 190 Å². The Hall–Kier alpha value is -2.57. The highest BCUT2D eigenvalue weighted by molar-refractivity contribution is 5.98. The molecule has 2 aromatic carbocycles. The van der Waals surface area contributed by atoms with Crippen molar-refractivity contribution in [1.29, 1.82) is 0 Å². The van der Waals surface area contributed by atoms with E-state index in [4.69, 9.17) is 4.74 Å². The third-order valence-electron chi connectivity index (χ3n) is 5.82. The van der Waals surface area contributed by atoms with Crippen molar-refractivity contribution >= 4 is 29.9 Å². The van der Waals surface area contributed by atoms with Gasteiger partial charge in [0.25, 0.3) is 5.91 Å². The molecule has 31 heavy (non-hydrogen) atoms. The zero-order valence-electron chi connectivity index (χ0n) is 17.9. The fourth-order valence-corrected chi connectivity index (χ4v) is 3.99. The number of hydrogen-bond acceptors (Lipinski definition) is 4. The number of amides is 2. The molecule has 1 saturated heterocycles. The van der Waals surface area contributed by atoms with Gasteiger partial charge in [0.2, 0.25) is 5.91 Å². The van der Waals surface area contributed by atoms with Gasteiger partial charge >= 0.3 is 0 Å². The van der Waals surface area contributed by atoms with Gasteiger partial charge < -0.3 is 15.0 Å². The topological polar surface area (TPSA) is 61.9 Å². The van der Waals surface area contributed by atoms with Gasteiger partial charge in [-0.2, -0.15) is 0 Å². The molecule has 2 amide bonds. The number of carbonyl (C=O) groups is 2. The highest BCUT2D eigenvalue weighted by Crippen LogP contribution is 2.24. The number of anilines is 1. The number of halogens is 1. The summed E-state index contributed by atoms with van der Waals surface area (Å²) in [5.74, 6) is 1.04. The lowest BCUT2D eigenvalue weighted by Gasteiger charge is -2.35. The molecule has 2 aliphatic heterocycles. The van der Waals surface area contributed by atoms with Crippen LogP contribution in [0.3, 0.4) is 0 Å². The molecule has 2 aliphatic rings. The predicted octanol–water partition coefficient (Wildman–Crippen LogP) is 3.53. The maximum Gasteiger partial charge on any atom is 0.253 e. The van der Waals surface area contributed by atoms with Gasteiger partial charge in [0.15, 0.2) is 0 Å². The highest BCUT2D eigenvalue weighted by atomic mass is 35.5. The number of hydrogen-bond donors (Lipinski definition) is 1. The third kappa shape index (κ3) is 5.99. The smallest absolute Gasteiger partial charge is 0.253 e. The minimum Gasteiger partial charge on any atom is -0.494 e. The second kappa shape index (κ2) is 10.6. The molecule has 2 heterocycles. The highest BCUT2D eigenvalue weighted by Gasteiger charge is 2.23. The van der Waals surface area contributed by atoms with Crippen LogP contribution in [0.25, 0.3) is 0 Å². The summed E-state index contributed by atoms with van der Waals surface area (Å²) in [6, 6.07) is 13.7. The first-order valence-electron chi connectivity index (χ1n) is 10.7. The van der Waals surface area contributed by atoms with Gasteiger partial charge in [-0.3, -0.25) is 14.5 Å². The predicted molar refractivity (Wildman–Crippen MR) is 124 cm³/mol. The van der Waals surface area contributed by atoms with Gasteiger partial charge in [-0.1, -0.05) is 17.7 Å². The van der Waals surface area contributed by atoms with Crippen LogP contribution in [0.4, 0.5) is 5.69 Å². The summed E-state index contributed by atoms with van der Waals surface area (Å²) < 4.78 is 5.80. The lowest BCUT2D eigenvalue weighted by molar-refractivity contribution is -0.116. The number of nitrogens with zero attached hydrogens (tertiary/aromatic N) is 2. The molecule has 0 aliphatic carbocycles. The first-order valence-corrected chi connectivity index (χ1v) is 10.7. The summed E-state index contributed by atoms with van der Waals surface area (Å²) in [6.45, 7) is 7.00.